The summed E-state index contributed by atoms with van der Waals surface area (Å²) in [6, 6.07) is 16.3. The largest absolute Gasteiger partial charge is 0.497 e. The number of para-hydroxylation sites is 1. The zero-order chi connectivity index (χ0) is 17.6. The number of hydrogen-bond donors (Lipinski definition) is 3. The Labute approximate surface area is 145 Å². The molecule has 1 heterocycles. The zero-order valence-corrected chi connectivity index (χ0v) is 13.8. The third-order valence-electron chi connectivity index (χ3n) is 3.82. The third-order valence-corrected chi connectivity index (χ3v) is 3.82. The van der Waals surface area contributed by atoms with Gasteiger partial charge in [0.1, 0.15) is 11.4 Å². The molecule has 2 aromatic carbocycles. The summed E-state index contributed by atoms with van der Waals surface area (Å²) in [4.78, 5) is 27.2. The molecule has 6 nitrogen and oxygen atoms in total. The van der Waals surface area contributed by atoms with E-state index in [0.717, 1.165) is 10.9 Å². The second kappa shape index (κ2) is 7.53. The maximum Gasteiger partial charge on any atom is 0.267 e. The van der Waals surface area contributed by atoms with Gasteiger partial charge in [-0.3, -0.25) is 9.59 Å². The van der Waals surface area contributed by atoms with Crippen molar-refractivity contribution in [3.63, 3.8) is 0 Å². The molecule has 6 heteroatoms. The predicted molar refractivity (Wildman–Crippen MR) is 96.0 cm³/mol. The summed E-state index contributed by atoms with van der Waals surface area (Å²) < 4.78 is 5.06. The SMILES string of the molecule is COc1ccc(C(=O)NCCNC(=O)c2cc3ccccc3[nH]2)cc1. The highest BCUT2D eigenvalue weighted by Crippen LogP contribution is 2.14. The molecule has 128 valence electrons. The van der Waals surface area contributed by atoms with Gasteiger partial charge in [-0.2, -0.15) is 0 Å². The van der Waals surface area contributed by atoms with E-state index in [2.05, 4.69) is 15.6 Å². The number of fused-ring (bicyclic) bond motifs is 1. The Morgan fingerprint density at radius 1 is 0.960 bits per heavy atom. The Morgan fingerprint density at radius 2 is 1.64 bits per heavy atom. The lowest BCUT2D eigenvalue weighted by Gasteiger charge is -2.07. The molecule has 1 aromatic heterocycles. The Morgan fingerprint density at radius 3 is 2.32 bits per heavy atom. The van der Waals surface area contributed by atoms with Crippen molar-refractivity contribution < 1.29 is 14.3 Å². The summed E-state index contributed by atoms with van der Waals surface area (Å²) in [7, 11) is 1.57. The highest BCUT2D eigenvalue weighted by molar-refractivity contribution is 5.98. The first-order chi connectivity index (χ1) is 12.2. The van der Waals surface area contributed by atoms with Crippen molar-refractivity contribution in [1.29, 1.82) is 0 Å². The van der Waals surface area contributed by atoms with Crippen molar-refractivity contribution in [3.8, 4) is 5.75 Å². The molecule has 0 fully saturated rings. The van der Waals surface area contributed by atoms with Crippen molar-refractivity contribution in [2.24, 2.45) is 0 Å². The molecule has 25 heavy (non-hydrogen) atoms. The van der Waals surface area contributed by atoms with E-state index in [4.69, 9.17) is 4.74 Å². The minimum atomic E-state index is -0.199. The van der Waals surface area contributed by atoms with Crippen LogP contribution in [0.3, 0.4) is 0 Å². The minimum Gasteiger partial charge on any atom is -0.497 e. The Kier molecular flexibility index (Phi) is 4.99. The van der Waals surface area contributed by atoms with Crippen LogP contribution in [0.15, 0.2) is 54.6 Å². The number of methoxy groups -OCH3 is 1. The number of nitrogens with one attached hydrogen (secondary N) is 3. The van der Waals surface area contributed by atoms with Gasteiger partial charge in [-0.05, 0) is 36.4 Å². The van der Waals surface area contributed by atoms with E-state index in [9.17, 15) is 9.59 Å². The Balaban J connectivity index is 1.47. The molecular formula is C19H19N3O3. The van der Waals surface area contributed by atoms with Gasteiger partial charge in [-0.1, -0.05) is 18.2 Å². The molecule has 3 aromatic rings. The number of aromatic amines is 1. The molecule has 0 atom stereocenters. The number of ether oxygens (including phenoxy) is 1. The van der Waals surface area contributed by atoms with Gasteiger partial charge < -0.3 is 20.4 Å². The molecule has 2 amide bonds. The summed E-state index contributed by atoms with van der Waals surface area (Å²) in [5.41, 5.74) is 1.96. The van der Waals surface area contributed by atoms with Gasteiger partial charge >= 0.3 is 0 Å². The number of hydrogen-bond acceptors (Lipinski definition) is 3. The van der Waals surface area contributed by atoms with Crippen LogP contribution < -0.4 is 15.4 Å². The Bertz CT molecular complexity index is 851. The highest BCUT2D eigenvalue weighted by Gasteiger charge is 2.09. The number of carbonyl (C=O) groups excluding carboxylic acids is 2. The monoisotopic (exact) mass is 337 g/mol. The minimum absolute atomic E-state index is 0.192. The predicted octanol–water partition coefficient (Wildman–Crippen LogP) is 2.34. The number of rotatable bonds is 6. The van der Waals surface area contributed by atoms with Gasteiger partial charge in [0.25, 0.3) is 11.8 Å². The van der Waals surface area contributed by atoms with Gasteiger partial charge in [0.05, 0.1) is 7.11 Å². The van der Waals surface area contributed by atoms with Gasteiger partial charge in [-0.15, -0.1) is 0 Å². The fourth-order valence-electron chi connectivity index (χ4n) is 2.49. The molecule has 0 aliphatic heterocycles. The summed E-state index contributed by atoms with van der Waals surface area (Å²) in [6.07, 6.45) is 0. The normalized spacial score (nSPS) is 10.4. The average Bonchev–Trinajstić information content (AvgIpc) is 3.09. The average molecular weight is 337 g/mol. The number of aromatic nitrogens is 1. The summed E-state index contributed by atoms with van der Waals surface area (Å²) >= 11 is 0. The summed E-state index contributed by atoms with van der Waals surface area (Å²) in [6.45, 7) is 0.687. The summed E-state index contributed by atoms with van der Waals surface area (Å²) in [5.74, 6) is 0.305. The highest BCUT2D eigenvalue weighted by atomic mass is 16.5. The fourth-order valence-corrected chi connectivity index (χ4v) is 2.49. The van der Waals surface area contributed by atoms with Crippen LogP contribution in [0.2, 0.25) is 0 Å². The molecule has 0 aliphatic rings. The van der Waals surface area contributed by atoms with E-state index in [-0.39, 0.29) is 11.8 Å². The number of benzene rings is 2. The van der Waals surface area contributed by atoms with E-state index < -0.39 is 0 Å². The number of H-pyrrole nitrogens is 1. The summed E-state index contributed by atoms with van der Waals surface area (Å²) in [5, 5.41) is 6.53. The van der Waals surface area contributed by atoms with Gasteiger partial charge in [-0.25, -0.2) is 0 Å². The van der Waals surface area contributed by atoms with Crippen LogP contribution in [0.5, 0.6) is 5.75 Å². The van der Waals surface area contributed by atoms with Crippen LogP contribution in [0.25, 0.3) is 10.9 Å². The van der Waals surface area contributed by atoms with Crippen LogP contribution in [0.1, 0.15) is 20.8 Å². The van der Waals surface area contributed by atoms with E-state index in [1.807, 2.05) is 24.3 Å². The van der Waals surface area contributed by atoms with Crippen molar-refractivity contribution in [3.05, 3.63) is 65.9 Å². The van der Waals surface area contributed by atoms with Crippen molar-refractivity contribution >= 4 is 22.7 Å². The lowest BCUT2D eigenvalue weighted by atomic mass is 10.2. The quantitative estimate of drug-likeness (QED) is 0.604. The molecule has 0 saturated carbocycles. The number of carbonyl (C=O) groups is 2. The third kappa shape index (κ3) is 3.98. The maximum atomic E-state index is 12.1. The van der Waals surface area contributed by atoms with E-state index in [1.165, 1.54) is 0 Å². The van der Waals surface area contributed by atoms with E-state index in [1.54, 1.807) is 37.4 Å². The van der Waals surface area contributed by atoms with E-state index in [0.29, 0.717) is 30.1 Å². The maximum absolute atomic E-state index is 12.1. The fraction of sp³-hybridized carbons (Fsp3) is 0.158. The first kappa shape index (κ1) is 16.6. The van der Waals surface area contributed by atoms with Crippen molar-refractivity contribution in [2.75, 3.05) is 20.2 Å². The van der Waals surface area contributed by atoms with Crippen LogP contribution in [-0.4, -0.2) is 37.0 Å². The molecule has 0 radical (unpaired) electrons. The molecule has 0 bridgehead atoms. The first-order valence-electron chi connectivity index (χ1n) is 7.95. The van der Waals surface area contributed by atoms with Gasteiger partial charge in [0.2, 0.25) is 0 Å². The standard InChI is InChI=1S/C19H19N3O3/c1-25-15-8-6-13(7-9-15)18(23)20-10-11-21-19(24)17-12-14-4-2-3-5-16(14)22-17/h2-9,12,22H,10-11H2,1H3,(H,20,23)(H,21,24). The molecular weight excluding hydrogens is 318 g/mol. The number of amides is 2. The topological polar surface area (TPSA) is 83.2 Å². The molecule has 0 saturated heterocycles. The zero-order valence-electron chi connectivity index (χ0n) is 13.8. The van der Waals surface area contributed by atoms with Crippen molar-refractivity contribution in [2.45, 2.75) is 0 Å². The van der Waals surface area contributed by atoms with Crippen LogP contribution in [-0.2, 0) is 0 Å². The van der Waals surface area contributed by atoms with Crippen LogP contribution >= 0.6 is 0 Å². The second-order valence-electron chi connectivity index (χ2n) is 5.51. The van der Waals surface area contributed by atoms with Crippen LogP contribution in [0.4, 0.5) is 0 Å². The van der Waals surface area contributed by atoms with Crippen LogP contribution in [0, 0.1) is 0 Å². The molecule has 0 unspecified atom stereocenters. The molecule has 3 rings (SSSR count). The van der Waals surface area contributed by atoms with Gasteiger partial charge in [0, 0.05) is 29.6 Å². The lowest BCUT2D eigenvalue weighted by Crippen LogP contribution is -2.34. The molecule has 0 spiro atoms. The second-order valence-corrected chi connectivity index (χ2v) is 5.51. The molecule has 0 aliphatic carbocycles. The van der Waals surface area contributed by atoms with E-state index >= 15 is 0 Å². The van der Waals surface area contributed by atoms with Crippen molar-refractivity contribution in [1.82, 2.24) is 15.6 Å². The first-order valence-corrected chi connectivity index (χ1v) is 7.95. The van der Waals surface area contributed by atoms with Gasteiger partial charge in [0.15, 0.2) is 0 Å². The lowest BCUT2D eigenvalue weighted by molar-refractivity contribution is 0.0925. The molecule has 3 N–H and O–H groups in total. The Hall–Kier alpha value is -3.28. The smallest absolute Gasteiger partial charge is 0.267 e.